The lowest BCUT2D eigenvalue weighted by molar-refractivity contribution is 0.0980. The molecule has 12 heavy (non-hydrogen) atoms. The van der Waals surface area contributed by atoms with Crippen molar-refractivity contribution in [2.24, 2.45) is 12.8 Å². The Labute approximate surface area is 71.4 Å². The SMILES string of the molecule is Cn1cc(C(=O)CCCN)cn1. The maximum Gasteiger partial charge on any atom is 0.166 e. The van der Waals surface area contributed by atoms with Crippen molar-refractivity contribution in [3.8, 4) is 0 Å². The van der Waals surface area contributed by atoms with E-state index in [0.717, 1.165) is 6.42 Å². The molecular formula is C8H13N3O. The summed E-state index contributed by atoms with van der Waals surface area (Å²) in [6.45, 7) is 0.562. The van der Waals surface area contributed by atoms with Gasteiger partial charge in [0.15, 0.2) is 5.78 Å². The zero-order valence-electron chi connectivity index (χ0n) is 7.16. The zero-order valence-corrected chi connectivity index (χ0v) is 7.16. The van der Waals surface area contributed by atoms with Crippen LogP contribution in [0.3, 0.4) is 0 Å². The highest BCUT2D eigenvalue weighted by atomic mass is 16.1. The molecule has 0 saturated heterocycles. The van der Waals surface area contributed by atoms with Gasteiger partial charge in [-0.3, -0.25) is 9.48 Å². The average Bonchev–Trinajstić information content (AvgIpc) is 2.47. The van der Waals surface area contributed by atoms with Crippen LogP contribution in [0.5, 0.6) is 0 Å². The molecule has 4 heteroatoms. The molecule has 0 atom stereocenters. The van der Waals surface area contributed by atoms with Crippen molar-refractivity contribution < 1.29 is 4.79 Å². The summed E-state index contributed by atoms with van der Waals surface area (Å²) in [7, 11) is 1.79. The van der Waals surface area contributed by atoms with Crippen molar-refractivity contribution in [1.82, 2.24) is 9.78 Å². The van der Waals surface area contributed by atoms with Crippen molar-refractivity contribution in [2.75, 3.05) is 6.54 Å². The number of aryl methyl sites for hydroxylation is 1. The Balaban J connectivity index is 2.53. The number of ketones is 1. The van der Waals surface area contributed by atoms with Gasteiger partial charge in [0.05, 0.1) is 11.8 Å². The first-order valence-electron chi connectivity index (χ1n) is 3.96. The van der Waals surface area contributed by atoms with Crippen LogP contribution in [0.25, 0.3) is 0 Å². The molecule has 0 bridgehead atoms. The molecule has 1 rings (SSSR count). The summed E-state index contributed by atoms with van der Waals surface area (Å²) in [5.41, 5.74) is 5.96. The highest BCUT2D eigenvalue weighted by Crippen LogP contribution is 2.02. The van der Waals surface area contributed by atoms with Gasteiger partial charge in [0, 0.05) is 19.7 Å². The Hall–Kier alpha value is -1.16. The quantitative estimate of drug-likeness (QED) is 0.658. The largest absolute Gasteiger partial charge is 0.330 e. The summed E-state index contributed by atoms with van der Waals surface area (Å²) in [6, 6.07) is 0. The van der Waals surface area contributed by atoms with Crippen LogP contribution in [0.4, 0.5) is 0 Å². The van der Waals surface area contributed by atoms with Gasteiger partial charge in [0.25, 0.3) is 0 Å². The lowest BCUT2D eigenvalue weighted by Crippen LogP contribution is -2.04. The van der Waals surface area contributed by atoms with Crippen LogP contribution in [0.2, 0.25) is 0 Å². The summed E-state index contributed by atoms with van der Waals surface area (Å²) < 4.78 is 1.62. The van der Waals surface area contributed by atoms with Gasteiger partial charge in [-0.2, -0.15) is 5.10 Å². The van der Waals surface area contributed by atoms with Crippen molar-refractivity contribution in [3.05, 3.63) is 18.0 Å². The van der Waals surface area contributed by atoms with Crippen LogP contribution in [0, 0.1) is 0 Å². The van der Waals surface area contributed by atoms with Gasteiger partial charge in [-0.15, -0.1) is 0 Å². The van der Waals surface area contributed by atoms with Gasteiger partial charge in [-0.05, 0) is 13.0 Å². The van der Waals surface area contributed by atoms with Crippen LogP contribution >= 0.6 is 0 Å². The molecule has 0 spiro atoms. The predicted molar refractivity (Wildman–Crippen MR) is 45.8 cm³/mol. The van der Waals surface area contributed by atoms with Crippen molar-refractivity contribution in [3.63, 3.8) is 0 Å². The Kier molecular flexibility index (Phi) is 2.99. The average molecular weight is 167 g/mol. The number of Topliss-reactive ketones (excluding diaryl/α,β-unsaturated/α-hetero) is 1. The second-order valence-electron chi connectivity index (χ2n) is 2.72. The lowest BCUT2D eigenvalue weighted by Gasteiger charge is -1.93. The van der Waals surface area contributed by atoms with Gasteiger partial charge in [0.2, 0.25) is 0 Å². The lowest BCUT2D eigenvalue weighted by atomic mass is 10.1. The van der Waals surface area contributed by atoms with Crippen LogP contribution in [0.15, 0.2) is 12.4 Å². The van der Waals surface area contributed by atoms with Crippen LogP contribution in [0.1, 0.15) is 23.2 Å². The van der Waals surface area contributed by atoms with Crippen molar-refractivity contribution in [1.29, 1.82) is 0 Å². The molecule has 0 aliphatic heterocycles. The molecule has 1 aromatic heterocycles. The van der Waals surface area contributed by atoms with Crippen molar-refractivity contribution in [2.45, 2.75) is 12.8 Å². The third kappa shape index (κ3) is 2.17. The highest BCUT2D eigenvalue weighted by molar-refractivity contribution is 5.95. The summed E-state index contributed by atoms with van der Waals surface area (Å²) in [5.74, 6) is 0.119. The number of carbonyl (C=O) groups excluding carboxylic acids is 1. The molecule has 0 fully saturated rings. The number of hydrogen-bond acceptors (Lipinski definition) is 3. The van der Waals surface area contributed by atoms with Gasteiger partial charge in [-0.25, -0.2) is 0 Å². The molecule has 1 heterocycles. The molecule has 66 valence electrons. The van der Waals surface area contributed by atoms with Crippen molar-refractivity contribution >= 4 is 5.78 Å². The molecule has 0 radical (unpaired) electrons. The molecule has 0 aliphatic rings. The number of nitrogens with two attached hydrogens (primary N) is 1. The number of hydrogen-bond donors (Lipinski definition) is 1. The van der Waals surface area contributed by atoms with E-state index in [9.17, 15) is 4.79 Å². The van der Waals surface area contributed by atoms with E-state index < -0.39 is 0 Å². The Morgan fingerprint density at radius 2 is 2.50 bits per heavy atom. The summed E-state index contributed by atoms with van der Waals surface area (Å²) in [4.78, 5) is 11.3. The van der Waals surface area contributed by atoms with Gasteiger partial charge >= 0.3 is 0 Å². The summed E-state index contributed by atoms with van der Waals surface area (Å²) >= 11 is 0. The molecule has 0 aliphatic carbocycles. The van der Waals surface area contributed by atoms with E-state index in [4.69, 9.17) is 5.73 Å². The minimum absolute atomic E-state index is 0.119. The van der Waals surface area contributed by atoms with E-state index in [0.29, 0.717) is 18.5 Å². The first-order valence-corrected chi connectivity index (χ1v) is 3.96. The maximum absolute atomic E-state index is 11.3. The fourth-order valence-electron chi connectivity index (χ4n) is 0.972. The number of aromatic nitrogens is 2. The van der Waals surface area contributed by atoms with E-state index >= 15 is 0 Å². The molecule has 0 unspecified atom stereocenters. The molecule has 0 aromatic carbocycles. The van der Waals surface area contributed by atoms with E-state index in [1.807, 2.05) is 0 Å². The monoisotopic (exact) mass is 167 g/mol. The highest BCUT2D eigenvalue weighted by Gasteiger charge is 2.06. The predicted octanol–water partition coefficient (Wildman–Crippen LogP) is 0.342. The standard InChI is InChI=1S/C8H13N3O/c1-11-6-7(5-10-11)8(12)3-2-4-9/h5-6H,2-4,9H2,1H3. The zero-order chi connectivity index (χ0) is 8.97. The first kappa shape index (κ1) is 8.93. The summed E-state index contributed by atoms with van der Waals surface area (Å²) in [6.07, 6.45) is 4.56. The molecular weight excluding hydrogens is 154 g/mol. The van der Waals surface area contributed by atoms with Crippen LogP contribution in [-0.4, -0.2) is 22.1 Å². The number of nitrogens with zero attached hydrogens (tertiary/aromatic N) is 2. The molecule has 1 aromatic rings. The fraction of sp³-hybridized carbons (Fsp3) is 0.500. The maximum atomic E-state index is 11.3. The van der Waals surface area contributed by atoms with Gasteiger partial charge in [-0.1, -0.05) is 0 Å². The Morgan fingerprint density at radius 1 is 1.75 bits per heavy atom. The Morgan fingerprint density at radius 3 is 3.00 bits per heavy atom. The summed E-state index contributed by atoms with van der Waals surface area (Å²) in [5, 5.41) is 3.91. The van der Waals surface area contributed by atoms with E-state index in [1.165, 1.54) is 0 Å². The smallest absolute Gasteiger partial charge is 0.166 e. The second kappa shape index (κ2) is 4.01. The second-order valence-corrected chi connectivity index (χ2v) is 2.72. The number of carbonyl (C=O) groups is 1. The Bertz CT molecular complexity index is 267. The van der Waals surface area contributed by atoms with Gasteiger partial charge in [0.1, 0.15) is 0 Å². The minimum Gasteiger partial charge on any atom is -0.330 e. The third-order valence-electron chi connectivity index (χ3n) is 1.63. The number of rotatable bonds is 4. The molecule has 4 nitrogen and oxygen atoms in total. The van der Waals surface area contributed by atoms with Gasteiger partial charge < -0.3 is 5.73 Å². The molecule has 0 amide bonds. The van der Waals surface area contributed by atoms with Crippen LogP contribution in [-0.2, 0) is 7.05 Å². The van der Waals surface area contributed by atoms with E-state index in [1.54, 1.807) is 24.1 Å². The topological polar surface area (TPSA) is 60.9 Å². The minimum atomic E-state index is 0.119. The first-order chi connectivity index (χ1) is 5.74. The molecule has 0 saturated carbocycles. The van der Waals surface area contributed by atoms with E-state index in [2.05, 4.69) is 5.10 Å². The normalized spacial score (nSPS) is 10.2. The fourth-order valence-corrected chi connectivity index (χ4v) is 0.972. The molecule has 2 N–H and O–H groups in total. The third-order valence-corrected chi connectivity index (χ3v) is 1.63. The van der Waals surface area contributed by atoms with Crippen LogP contribution < -0.4 is 5.73 Å². The van der Waals surface area contributed by atoms with E-state index in [-0.39, 0.29) is 5.78 Å².